The second-order valence-electron chi connectivity index (χ2n) is 5.89. The molecule has 3 heteroatoms. The molecule has 0 aliphatic heterocycles. The minimum absolute atomic E-state index is 0.129. The summed E-state index contributed by atoms with van der Waals surface area (Å²) < 4.78 is 5.22. The Morgan fingerprint density at radius 1 is 1.00 bits per heavy atom. The molecule has 0 saturated heterocycles. The van der Waals surface area contributed by atoms with Gasteiger partial charge in [-0.3, -0.25) is 9.69 Å². The monoisotopic (exact) mass is 297 g/mol. The third-order valence-corrected chi connectivity index (χ3v) is 3.60. The average Bonchev–Trinajstić information content (AvgIpc) is 2.45. The summed E-state index contributed by atoms with van der Waals surface area (Å²) in [5, 5.41) is 0. The first-order valence-electron chi connectivity index (χ1n) is 8.65. The van der Waals surface area contributed by atoms with Crippen LogP contribution < -0.4 is 0 Å². The van der Waals surface area contributed by atoms with Crippen molar-refractivity contribution in [3.05, 3.63) is 12.7 Å². The van der Waals surface area contributed by atoms with E-state index in [-0.39, 0.29) is 5.97 Å². The van der Waals surface area contributed by atoms with Crippen LogP contribution >= 0.6 is 0 Å². The van der Waals surface area contributed by atoms with Gasteiger partial charge in [0.15, 0.2) is 0 Å². The van der Waals surface area contributed by atoms with Crippen molar-refractivity contribution in [2.45, 2.75) is 71.1 Å². The topological polar surface area (TPSA) is 29.5 Å². The van der Waals surface area contributed by atoms with Crippen LogP contribution in [0, 0.1) is 0 Å². The highest BCUT2D eigenvalue weighted by Gasteiger charge is 2.05. The molecule has 21 heavy (non-hydrogen) atoms. The molecule has 0 N–H and O–H groups in total. The number of unbranched alkanes of at least 4 members (excludes halogenated alkanes) is 9. The van der Waals surface area contributed by atoms with Gasteiger partial charge < -0.3 is 4.74 Å². The maximum absolute atomic E-state index is 11.5. The van der Waals surface area contributed by atoms with Crippen LogP contribution in [0.4, 0.5) is 0 Å². The fraction of sp³-hybridized carbons (Fsp3) is 0.833. The molecular formula is C18H35NO2. The van der Waals surface area contributed by atoms with Gasteiger partial charge in [-0.25, -0.2) is 0 Å². The molecule has 0 unspecified atom stereocenters. The Kier molecular flexibility index (Phi) is 14.9. The summed E-state index contributed by atoms with van der Waals surface area (Å²) in [5.41, 5.74) is 0. The Hall–Kier alpha value is -0.830. The Labute approximate surface area is 131 Å². The van der Waals surface area contributed by atoms with Crippen LogP contribution in [0.1, 0.15) is 71.1 Å². The normalized spacial score (nSPS) is 10.8. The Bertz CT molecular complexity index is 254. The molecule has 0 radical (unpaired) electrons. The second kappa shape index (κ2) is 15.6. The zero-order valence-electron chi connectivity index (χ0n) is 14.2. The van der Waals surface area contributed by atoms with Crippen LogP contribution in [-0.2, 0) is 9.53 Å². The van der Waals surface area contributed by atoms with Crippen molar-refractivity contribution < 1.29 is 9.53 Å². The first-order chi connectivity index (χ1) is 10.2. The van der Waals surface area contributed by atoms with E-state index in [1.807, 2.05) is 11.9 Å². The summed E-state index contributed by atoms with van der Waals surface area (Å²) in [4.78, 5) is 13.4. The molecule has 3 nitrogen and oxygen atoms in total. The molecule has 0 aliphatic carbocycles. The molecule has 0 saturated carbocycles. The number of carbonyl (C=O) groups is 1. The Morgan fingerprint density at radius 2 is 1.52 bits per heavy atom. The summed E-state index contributed by atoms with van der Waals surface area (Å²) in [7, 11) is 1.89. The van der Waals surface area contributed by atoms with E-state index in [0.717, 1.165) is 6.42 Å². The molecule has 0 aromatic rings. The number of hydrogen-bond donors (Lipinski definition) is 0. The summed E-state index contributed by atoms with van der Waals surface area (Å²) in [5.74, 6) is -0.129. The Balaban J connectivity index is 3.21. The van der Waals surface area contributed by atoms with E-state index in [9.17, 15) is 4.79 Å². The summed E-state index contributed by atoms with van der Waals surface area (Å²) in [6.45, 7) is 7.53. The van der Waals surface area contributed by atoms with Crippen molar-refractivity contribution in [2.75, 3.05) is 26.7 Å². The molecule has 0 fully saturated rings. The van der Waals surface area contributed by atoms with E-state index >= 15 is 0 Å². The number of rotatable bonds is 15. The maximum atomic E-state index is 11.5. The molecule has 0 spiro atoms. The van der Waals surface area contributed by atoms with E-state index in [4.69, 9.17) is 4.74 Å². The highest BCUT2D eigenvalue weighted by molar-refractivity contribution is 5.71. The van der Waals surface area contributed by atoms with Crippen molar-refractivity contribution in [1.82, 2.24) is 4.90 Å². The zero-order chi connectivity index (χ0) is 15.8. The highest BCUT2D eigenvalue weighted by Crippen LogP contribution is 2.10. The number of likely N-dealkylation sites (N-methyl/N-ethyl adjacent to an activating group) is 1. The van der Waals surface area contributed by atoms with E-state index in [1.54, 1.807) is 6.08 Å². The quantitative estimate of drug-likeness (QED) is 0.252. The average molecular weight is 297 g/mol. The maximum Gasteiger partial charge on any atom is 0.320 e. The third kappa shape index (κ3) is 15.4. The standard InChI is InChI=1S/C18H35NO2/c1-4-6-7-8-9-10-11-12-13-14-16-21-18(20)17-19(3)15-5-2/h5H,2,4,6-17H2,1,3H3. The second-order valence-corrected chi connectivity index (χ2v) is 5.89. The minimum atomic E-state index is -0.129. The number of esters is 1. The van der Waals surface area contributed by atoms with Crippen molar-refractivity contribution in [2.24, 2.45) is 0 Å². The molecule has 0 heterocycles. The molecular weight excluding hydrogens is 262 g/mol. The van der Waals surface area contributed by atoms with Gasteiger partial charge in [0.05, 0.1) is 13.2 Å². The van der Waals surface area contributed by atoms with E-state index < -0.39 is 0 Å². The molecule has 124 valence electrons. The molecule has 0 rings (SSSR count). The van der Waals surface area contributed by atoms with E-state index in [0.29, 0.717) is 19.7 Å². The first kappa shape index (κ1) is 20.2. The van der Waals surface area contributed by atoms with Gasteiger partial charge in [0.25, 0.3) is 0 Å². The summed E-state index contributed by atoms with van der Waals surface area (Å²) >= 11 is 0. The first-order valence-corrected chi connectivity index (χ1v) is 8.65. The van der Waals surface area contributed by atoms with Crippen molar-refractivity contribution >= 4 is 5.97 Å². The van der Waals surface area contributed by atoms with Crippen LogP contribution in [0.3, 0.4) is 0 Å². The van der Waals surface area contributed by atoms with Gasteiger partial charge in [-0.15, -0.1) is 6.58 Å². The van der Waals surface area contributed by atoms with E-state index in [1.165, 1.54) is 57.8 Å². The van der Waals surface area contributed by atoms with Gasteiger partial charge in [0.1, 0.15) is 0 Å². The van der Waals surface area contributed by atoms with Crippen LogP contribution in [0.25, 0.3) is 0 Å². The molecule has 0 atom stereocenters. The zero-order valence-corrected chi connectivity index (χ0v) is 14.2. The van der Waals surface area contributed by atoms with Crippen molar-refractivity contribution in [3.8, 4) is 0 Å². The fourth-order valence-electron chi connectivity index (χ4n) is 2.33. The van der Waals surface area contributed by atoms with Crippen LogP contribution in [-0.4, -0.2) is 37.6 Å². The number of nitrogens with zero attached hydrogens (tertiary/aromatic N) is 1. The number of ether oxygens (including phenoxy) is 1. The van der Waals surface area contributed by atoms with Crippen molar-refractivity contribution in [1.29, 1.82) is 0 Å². The lowest BCUT2D eigenvalue weighted by molar-refractivity contribution is -0.144. The number of carbonyl (C=O) groups excluding carboxylic acids is 1. The smallest absolute Gasteiger partial charge is 0.320 e. The van der Waals surface area contributed by atoms with Crippen LogP contribution in [0.15, 0.2) is 12.7 Å². The molecule has 0 bridgehead atoms. The lowest BCUT2D eigenvalue weighted by Crippen LogP contribution is -2.27. The van der Waals surface area contributed by atoms with Gasteiger partial charge in [-0.1, -0.05) is 70.8 Å². The molecule has 0 aromatic heterocycles. The van der Waals surface area contributed by atoms with Gasteiger partial charge in [-0.2, -0.15) is 0 Å². The summed E-state index contributed by atoms with van der Waals surface area (Å²) in [6.07, 6.45) is 14.8. The van der Waals surface area contributed by atoms with Gasteiger partial charge in [0.2, 0.25) is 0 Å². The fourth-order valence-corrected chi connectivity index (χ4v) is 2.33. The Morgan fingerprint density at radius 3 is 2.05 bits per heavy atom. The number of hydrogen-bond acceptors (Lipinski definition) is 3. The van der Waals surface area contributed by atoms with Gasteiger partial charge >= 0.3 is 5.97 Å². The van der Waals surface area contributed by atoms with Gasteiger partial charge in [-0.05, 0) is 13.5 Å². The van der Waals surface area contributed by atoms with Gasteiger partial charge in [0, 0.05) is 6.54 Å². The summed E-state index contributed by atoms with van der Waals surface area (Å²) in [6, 6.07) is 0. The lowest BCUT2D eigenvalue weighted by Gasteiger charge is -2.13. The van der Waals surface area contributed by atoms with Crippen molar-refractivity contribution in [3.63, 3.8) is 0 Å². The molecule has 0 aromatic carbocycles. The van der Waals surface area contributed by atoms with Crippen LogP contribution in [0.5, 0.6) is 0 Å². The van der Waals surface area contributed by atoms with E-state index in [2.05, 4.69) is 13.5 Å². The lowest BCUT2D eigenvalue weighted by atomic mass is 10.1. The highest BCUT2D eigenvalue weighted by atomic mass is 16.5. The molecule has 0 aliphatic rings. The van der Waals surface area contributed by atoms with Crippen LogP contribution in [0.2, 0.25) is 0 Å². The third-order valence-electron chi connectivity index (χ3n) is 3.60. The predicted molar refractivity (Wildman–Crippen MR) is 90.5 cm³/mol. The minimum Gasteiger partial charge on any atom is -0.465 e. The molecule has 0 amide bonds. The predicted octanol–water partition coefficient (Wildman–Crippen LogP) is 4.57. The SMILES string of the molecule is C=CCN(C)CC(=O)OCCCCCCCCCCCC. The largest absolute Gasteiger partial charge is 0.465 e.